The Morgan fingerprint density at radius 1 is 0.900 bits per heavy atom. The van der Waals surface area contributed by atoms with E-state index in [1.807, 2.05) is 48.5 Å². The second-order valence-corrected chi connectivity index (χ2v) is 10.2. The molecule has 7 nitrogen and oxygen atoms in total. The number of thioether (sulfide) groups is 1. The lowest BCUT2D eigenvalue weighted by Gasteiger charge is -2.15. The zero-order valence-corrected chi connectivity index (χ0v) is 23.0. The van der Waals surface area contributed by atoms with E-state index in [1.165, 1.54) is 23.8 Å². The molecule has 40 heavy (non-hydrogen) atoms. The van der Waals surface area contributed by atoms with Crippen LogP contribution in [-0.2, 0) is 9.59 Å². The number of carbonyl (C=O) groups excluding carboxylic acids is 2. The number of benzene rings is 4. The van der Waals surface area contributed by atoms with Crippen LogP contribution in [0.3, 0.4) is 0 Å². The molecule has 0 aliphatic carbocycles. The van der Waals surface area contributed by atoms with Crippen molar-refractivity contribution in [2.45, 2.75) is 0 Å². The molecule has 2 amide bonds. The summed E-state index contributed by atoms with van der Waals surface area (Å²) in [7, 11) is 1.51. The summed E-state index contributed by atoms with van der Waals surface area (Å²) in [4.78, 5) is 27.5. The maximum Gasteiger partial charge on any atom is 0.270 e. The smallest absolute Gasteiger partial charge is 0.270 e. The minimum absolute atomic E-state index is 0.182. The lowest BCUT2D eigenvalue weighted by Crippen LogP contribution is -2.27. The molecule has 1 heterocycles. The predicted molar refractivity (Wildman–Crippen MR) is 162 cm³/mol. The van der Waals surface area contributed by atoms with Gasteiger partial charge in [-0.3, -0.25) is 14.5 Å². The number of rotatable bonds is 9. The number of hydrogen-bond acceptors (Lipinski definition) is 7. The summed E-state index contributed by atoms with van der Waals surface area (Å²) >= 11 is 6.74. The van der Waals surface area contributed by atoms with Gasteiger partial charge < -0.3 is 19.5 Å². The van der Waals surface area contributed by atoms with Gasteiger partial charge in [0.15, 0.2) is 22.4 Å². The third-order valence-electron chi connectivity index (χ3n) is 5.77. The first kappa shape index (κ1) is 27.0. The Hall–Kier alpha value is -4.60. The molecular formula is C31H24N2O5S2. The minimum Gasteiger partial charge on any atom is -0.493 e. The predicted octanol–water partition coefficient (Wildman–Crippen LogP) is 6.91. The number of ether oxygens (including phenoxy) is 3. The fraction of sp³-hybridized carbons (Fsp3) is 0.0645. The van der Waals surface area contributed by atoms with E-state index in [9.17, 15) is 9.59 Å². The molecule has 0 spiro atoms. The number of thiocarbonyl (C=S) groups is 1. The van der Waals surface area contributed by atoms with Gasteiger partial charge in [-0.1, -0.05) is 66.4 Å². The van der Waals surface area contributed by atoms with Crippen molar-refractivity contribution in [1.29, 1.82) is 0 Å². The summed E-state index contributed by atoms with van der Waals surface area (Å²) in [5, 5.41) is 2.77. The van der Waals surface area contributed by atoms with Gasteiger partial charge in [0.1, 0.15) is 11.5 Å². The van der Waals surface area contributed by atoms with Crippen LogP contribution < -0.4 is 24.4 Å². The molecule has 1 aliphatic heterocycles. The van der Waals surface area contributed by atoms with Gasteiger partial charge in [-0.2, -0.15) is 0 Å². The van der Waals surface area contributed by atoms with E-state index in [0.29, 0.717) is 37.8 Å². The molecule has 1 saturated heterocycles. The molecule has 0 radical (unpaired) electrons. The average Bonchev–Trinajstić information content (AvgIpc) is 3.25. The number of nitrogens with zero attached hydrogens (tertiary/aromatic N) is 1. The molecule has 0 atom stereocenters. The van der Waals surface area contributed by atoms with Crippen molar-refractivity contribution in [1.82, 2.24) is 0 Å². The Labute approximate surface area is 241 Å². The van der Waals surface area contributed by atoms with Crippen LogP contribution in [0.15, 0.2) is 108 Å². The summed E-state index contributed by atoms with van der Waals surface area (Å²) < 4.78 is 17.4. The number of anilines is 2. The summed E-state index contributed by atoms with van der Waals surface area (Å²) in [6, 6.07) is 31.0. The summed E-state index contributed by atoms with van der Waals surface area (Å²) in [5.74, 6) is 1.72. The molecule has 1 fully saturated rings. The zero-order valence-electron chi connectivity index (χ0n) is 21.4. The number of amides is 2. The maximum absolute atomic E-state index is 13.3. The van der Waals surface area contributed by atoms with Crippen molar-refractivity contribution in [3.63, 3.8) is 0 Å². The van der Waals surface area contributed by atoms with Gasteiger partial charge in [0.2, 0.25) is 0 Å². The van der Waals surface area contributed by atoms with Crippen LogP contribution in [0, 0.1) is 0 Å². The monoisotopic (exact) mass is 568 g/mol. The Balaban J connectivity index is 1.25. The second kappa shape index (κ2) is 12.5. The highest BCUT2D eigenvalue weighted by molar-refractivity contribution is 8.27. The Bertz CT molecular complexity index is 1560. The first-order valence-corrected chi connectivity index (χ1v) is 13.5. The largest absolute Gasteiger partial charge is 0.493 e. The Kier molecular flexibility index (Phi) is 8.44. The number of carbonyl (C=O) groups is 2. The van der Waals surface area contributed by atoms with Crippen LogP contribution in [0.5, 0.6) is 23.0 Å². The summed E-state index contributed by atoms with van der Waals surface area (Å²) in [6.07, 6.45) is 1.75. The molecule has 5 rings (SSSR count). The molecule has 1 aliphatic rings. The third kappa shape index (κ3) is 6.51. The van der Waals surface area contributed by atoms with E-state index in [0.717, 1.165) is 11.3 Å². The van der Waals surface area contributed by atoms with Crippen LogP contribution >= 0.6 is 24.0 Å². The molecule has 0 saturated carbocycles. The van der Waals surface area contributed by atoms with Gasteiger partial charge in [0.25, 0.3) is 11.8 Å². The van der Waals surface area contributed by atoms with Crippen molar-refractivity contribution in [2.24, 2.45) is 0 Å². The molecule has 4 aromatic rings. The average molecular weight is 569 g/mol. The standard InChI is InChI=1S/C31H24N2O5S2/c1-36-27-18-21(12-17-26(27)37-20-29(34)32-22-8-4-2-5-9-22)19-28-30(35)33(31(39)40-28)23-13-15-25(16-14-23)38-24-10-6-3-7-11-24/h2-19H,20H2,1H3,(H,32,34)/b28-19-. The van der Waals surface area contributed by atoms with Crippen LogP contribution in [0.2, 0.25) is 0 Å². The van der Waals surface area contributed by atoms with Crippen molar-refractivity contribution >= 4 is 57.6 Å². The molecule has 200 valence electrons. The van der Waals surface area contributed by atoms with E-state index in [1.54, 1.807) is 60.7 Å². The van der Waals surface area contributed by atoms with Gasteiger partial charge in [-0.15, -0.1) is 0 Å². The summed E-state index contributed by atoms with van der Waals surface area (Å²) in [5.41, 5.74) is 2.07. The number of para-hydroxylation sites is 2. The van der Waals surface area contributed by atoms with Gasteiger partial charge in [-0.05, 0) is 72.3 Å². The van der Waals surface area contributed by atoms with Gasteiger partial charge >= 0.3 is 0 Å². The van der Waals surface area contributed by atoms with Crippen molar-refractivity contribution in [3.8, 4) is 23.0 Å². The first-order chi connectivity index (χ1) is 19.5. The Morgan fingerprint density at radius 2 is 1.57 bits per heavy atom. The molecule has 0 unspecified atom stereocenters. The Morgan fingerprint density at radius 3 is 2.27 bits per heavy atom. The topological polar surface area (TPSA) is 77.1 Å². The van der Waals surface area contributed by atoms with Gasteiger partial charge in [0, 0.05) is 5.69 Å². The highest BCUT2D eigenvalue weighted by atomic mass is 32.2. The van der Waals surface area contributed by atoms with Crippen molar-refractivity contribution < 1.29 is 23.8 Å². The lowest BCUT2D eigenvalue weighted by molar-refractivity contribution is -0.118. The van der Waals surface area contributed by atoms with Crippen molar-refractivity contribution in [2.75, 3.05) is 23.9 Å². The van der Waals surface area contributed by atoms with Crippen LogP contribution in [0.25, 0.3) is 6.08 Å². The number of nitrogens with one attached hydrogen (secondary N) is 1. The highest BCUT2D eigenvalue weighted by Gasteiger charge is 2.33. The SMILES string of the molecule is COc1cc(/C=C2\SC(=S)N(c3ccc(Oc4ccccc4)cc3)C2=O)ccc1OCC(=O)Nc1ccccc1. The maximum atomic E-state index is 13.3. The van der Waals surface area contributed by atoms with E-state index in [2.05, 4.69) is 5.32 Å². The normalized spacial score (nSPS) is 13.8. The van der Waals surface area contributed by atoms with E-state index >= 15 is 0 Å². The first-order valence-electron chi connectivity index (χ1n) is 12.3. The number of hydrogen-bond donors (Lipinski definition) is 1. The van der Waals surface area contributed by atoms with E-state index in [4.69, 9.17) is 26.4 Å². The quantitative estimate of drug-likeness (QED) is 0.174. The van der Waals surface area contributed by atoms with Crippen molar-refractivity contribution in [3.05, 3.63) is 114 Å². The lowest BCUT2D eigenvalue weighted by atomic mass is 10.1. The van der Waals surface area contributed by atoms with Gasteiger partial charge in [0.05, 0.1) is 17.7 Å². The molecule has 0 bridgehead atoms. The molecule has 1 N–H and O–H groups in total. The molecule has 0 aromatic heterocycles. The van der Waals surface area contributed by atoms with Gasteiger partial charge in [-0.25, -0.2) is 0 Å². The highest BCUT2D eigenvalue weighted by Crippen LogP contribution is 2.38. The molecular weight excluding hydrogens is 544 g/mol. The molecule has 9 heteroatoms. The number of methoxy groups -OCH3 is 1. The fourth-order valence-corrected chi connectivity index (χ4v) is 5.18. The van der Waals surface area contributed by atoms with E-state index in [-0.39, 0.29) is 18.4 Å². The molecule has 4 aromatic carbocycles. The second-order valence-electron chi connectivity index (χ2n) is 8.54. The van der Waals surface area contributed by atoms with Crippen LogP contribution in [-0.4, -0.2) is 29.9 Å². The van der Waals surface area contributed by atoms with Crippen LogP contribution in [0.1, 0.15) is 5.56 Å². The fourth-order valence-electron chi connectivity index (χ4n) is 3.88. The summed E-state index contributed by atoms with van der Waals surface area (Å²) in [6.45, 7) is -0.182. The van der Waals surface area contributed by atoms with E-state index < -0.39 is 0 Å². The van der Waals surface area contributed by atoms with Crippen LogP contribution in [0.4, 0.5) is 11.4 Å². The zero-order chi connectivity index (χ0) is 27.9. The third-order valence-corrected chi connectivity index (χ3v) is 7.07. The minimum atomic E-state index is -0.291.